The molecule has 0 fully saturated rings. The Morgan fingerprint density at radius 2 is 1.16 bits per heavy atom. The Morgan fingerprint density at radius 3 is 1.79 bits per heavy atom. The zero-order chi connectivity index (χ0) is 45.1. The third kappa shape index (κ3) is 6.24. The summed E-state index contributed by atoms with van der Waals surface area (Å²) in [4.78, 5) is 5.20. The number of rotatable bonds is 2. The Balaban J connectivity index is 1.37. The average Bonchev–Trinajstić information content (AvgIpc) is 3.59. The molecule has 0 N–H and O–H groups in total. The van der Waals surface area contributed by atoms with Crippen LogP contribution in [0.25, 0.3) is 10.1 Å². The standard InChI is InChI=1S/C58H66BN3S/c1-34-28-36(53(2,3)4)16-22-44(34)62-46-30-35(33-60)29-45-49(46)59(52-50(62)39-31-37(54(5,6)7)17-23-47(39)63-52)43-21-20-41-48(58(14,15)27-26-56(41,10)11)51(43)61(45)38-18-19-40-42(32-38)57(12,13)25-24-55(40,8)9/h16-23,28-32H,24-27H2,1-15H3. The summed E-state index contributed by atoms with van der Waals surface area (Å²) < 4.78 is 2.69. The summed E-state index contributed by atoms with van der Waals surface area (Å²) in [7, 11) is 0. The number of anilines is 6. The first-order valence-electron chi connectivity index (χ1n) is 23.5. The van der Waals surface area contributed by atoms with Crippen molar-refractivity contribution in [1.29, 1.82) is 5.26 Å². The van der Waals surface area contributed by atoms with E-state index in [9.17, 15) is 5.26 Å². The monoisotopic (exact) mass is 848 g/mol. The lowest BCUT2D eigenvalue weighted by Gasteiger charge is -2.49. The van der Waals surface area contributed by atoms with E-state index in [1.165, 1.54) is 93.9 Å². The molecule has 0 atom stereocenters. The van der Waals surface area contributed by atoms with Crippen LogP contribution < -0.4 is 25.5 Å². The van der Waals surface area contributed by atoms with Gasteiger partial charge >= 0.3 is 0 Å². The first-order valence-corrected chi connectivity index (χ1v) is 24.3. The van der Waals surface area contributed by atoms with Crippen LogP contribution in [-0.2, 0) is 32.5 Å². The van der Waals surface area contributed by atoms with E-state index in [2.05, 4.69) is 199 Å². The smallest absolute Gasteiger partial charge is 0.264 e. The van der Waals surface area contributed by atoms with Crippen molar-refractivity contribution in [3.63, 3.8) is 0 Å². The highest BCUT2D eigenvalue weighted by atomic mass is 32.1. The van der Waals surface area contributed by atoms with Crippen molar-refractivity contribution in [2.24, 2.45) is 0 Å². The molecule has 5 heteroatoms. The summed E-state index contributed by atoms with van der Waals surface area (Å²) in [5.74, 6) is 0. The van der Waals surface area contributed by atoms with Gasteiger partial charge in [0.25, 0.3) is 6.71 Å². The van der Waals surface area contributed by atoms with Crippen molar-refractivity contribution in [2.45, 2.75) is 162 Å². The van der Waals surface area contributed by atoms with Gasteiger partial charge in [0.05, 0.1) is 17.3 Å². The lowest BCUT2D eigenvalue weighted by atomic mass is 9.35. The summed E-state index contributed by atoms with van der Waals surface area (Å²) in [6.45, 7) is 35.7. The second-order valence-corrected chi connectivity index (χ2v) is 25.4. The molecule has 4 aliphatic rings. The molecule has 1 aromatic heterocycles. The van der Waals surface area contributed by atoms with E-state index in [1.807, 2.05) is 11.3 Å². The van der Waals surface area contributed by atoms with Crippen molar-refractivity contribution in [2.75, 3.05) is 9.80 Å². The van der Waals surface area contributed by atoms with Gasteiger partial charge in [-0.3, -0.25) is 0 Å². The first kappa shape index (κ1) is 42.2. The van der Waals surface area contributed by atoms with Gasteiger partial charge < -0.3 is 9.80 Å². The van der Waals surface area contributed by atoms with Gasteiger partial charge in [0.1, 0.15) is 0 Å². The van der Waals surface area contributed by atoms with E-state index in [-0.39, 0.29) is 39.2 Å². The van der Waals surface area contributed by atoms with E-state index in [0.717, 1.165) is 30.6 Å². The summed E-state index contributed by atoms with van der Waals surface area (Å²) in [6.07, 6.45) is 4.59. The second-order valence-electron chi connectivity index (χ2n) is 24.4. The largest absolute Gasteiger partial charge is 0.311 e. The highest BCUT2D eigenvalue weighted by Crippen LogP contribution is 2.56. The molecule has 6 aromatic rings. The summed E-state index contributed by atoms with van der Waals surface area (Å²) in [6, 6.07) is 33.8. The van der Waals surface area contributed by atoms with Gasteiger partial charge in [0.15, 0.2) is 0 Å². The van der Waals surface area contributed by atoms with Gasteiger partial charge in [-0.15, -0.1) is 11.3 Å². The molecule has 0 amide bonds. The second kappa shape index (κ2) is 13.4. The Hall–Kier alpha value is -4.79. The zero-order valence-corrected chi connectivity index (χ0v) is 41.5. The van der Waals surface area contributed by atoms with Crippen LogP contribution in [0.3, 0.4) is 0 Å². The number of thiophene rings is 1. The first-order chi connectivity index (χ1) is 29.3. The molecule has 0 bridgehead atoms. The molecule has 2 aliphatic heterocycles. The molecular formula is C58H66BN3S. The van der Waals surface area contributed by atoms with E-state index >= 15 is 0 Å². The molecule has 10 rings (SSSR count). The molecule has 0 saturated carbocycles. The number of hydrogen-bond acceptors (Lipinski definition) is 4. The van der Waals surface area contributed by atoms with Crippen molar-refractivity contribution in [3.8, 4) is 6.07 Å². The van der Waals surface area contributed by atoms with E-state index in [1.54, 1.807) is 0 Å². The Morgan fingerprint density at radius 1 is 0.587 bits per heavy atom. The lowest BCUT2D eigenvalue weighted by molar-refractivity contribution is 0.331. The summed E-state index contributed by atoms with van der Waals surface area (Å²) in [5, 5.41) is 12.4. The van der Waals surface area contributed by atoms with E-state index in [4.69, 9.17) is 0 Å². The zero-order valence-electron chi connectivity index (χ0n) is 40.7. The van der Waals surface area contributed by atoms with E-state index < -0.39 is 0 Å². The van der Waals surface area contributed by atoms with Crippen LogP contribution in [0.4, 0.5) is 34.1 Å². The SMILES string of the molecule is Cc1cc(C(C)(C)C)ccc1N1c2cc(C#N)cc3c2B(c2ccc4c(c2N3c2ccc3c(c2)C(C)(C)CCC3(C)C)C(C)(C)CCC4(C)C)c2sc3ccc(C(C)(C)C)cc3c21. The van der Waals surface area contributed by atoms with Crippen LogP contribution in [0.2, 0.25) is 0 Å². The molecule has 63 heavy (non-hydrogen) atoms. The van der Waals surface area contributed by atoms with Gasteiger partial charge in [0.2, 0.25) is 0 Å². The number of benzene rings is 5. The highest BCUT2D eigenvalue weighted by molar-refractivity contribution is 7.33. The molecular weight excluding hydrogens is 782 g/mol. The van der Waals surface area contributed by atoms with Crippen molar-refractivity contribution < 1.29 is 0 Å². The maximum atomic E-state index is 11.1. The minimum absolute atomic E-state index is 0.0102. The molecule has 322 valence electrons. The summed E-state index contributed by atoms with van der Waals surface area (Å²) >= 11 is 1.97. The molecule has 5 aromatic carbocycles. The fourth-order valence-electron chi connectivity index (χ4n) is 11.8. The van der Waals surface area contributed by atoms with Gasteiger partial charge in [0, 0.05) is 43.3 Å². The van der Waals surface area contributed by atoms with Crippen molar-refractivity contribution >= 4 is 78.0 Å². The minimum Gasteiger partial charge on any atom is -0.311 e. The van der Waals surface area contributed by atoms with Crippen LogP contribution in [0.1, 0.15) is 167 Å². The highest BCUT2D eigenvalue weighted by Gasteiger charge is 2.50. The average molecular weight is 848 g/mol. The lowest BCUT2D eigenvalue weighted by Crippen LogP contribution is -2.61. The van der Waals surface area contributed by atoms with Crippen LogP contribution in [0.15, 0.2) is 78.9 Å². The predicted octanol–water partition coefficient (Wildman–Crippen LogP) is 14.5. The third-order valence-electron chi connectivity index (χ3n) is 16.0. The van der Waals surface area contributed by atoms with Gasteiger partial charge in [-0.25, -0.2) is 0 Å². The molecule has 3 nitrogen and oxygen atoms in total. The summed E-state index contributed by atoms with van der Waals surface area (Å²) in [5.41, 5.74) is 20.4. The maximum absolute atomic E-state index is 11.1. The molecule has 0 spiro atoms. The van der Waals surface area contributed by atoms with Gasteiger partial charge in [-0.1, -0.05) is 133 Å². The number of nitrogens with zero attached hydrogens (tertiary/aromatic N) is 3. The van der Waals surface area contributed by atoms with Crippen molar-refractivity contribution in [3.05, 3.63) is 123 Å². The fraction of sp³-hybridized carbons (Fsp3) is 0.431. The molecule has 0 radical (unpaired) electrons. The maximum Gasteiger partial charge on any atom is 0.264 e. The van der Waals surface area contributed by atoms with Crippen LogP contribution in [0.5, 0.6) is 0 Å². The predicted molar refractivity (Wildman–Crippen MR) is 273 cm³/mol. The third-order valence-corrected chi connectivity index (χ3v) is 17.2. The fourth-order valence-corrected chi connectivity index (χ4v) is 13.1. The van der Waals surface area contributed by atoms with Crippen LogP contribution >= 0.6 is 11.3 Å². The van der Waals surface area contributed by atoms with Crippen LogP contribution in [0, 0.1) is 18.3 Å². The Labute approximate surface area is 382 Å². The normalized spacial score (nSPS) is 18.9. The Bertz CT molecular complexity index is 2970. The number of nitriles is 1. The molecule has 0 unspecified atom stereocenters. The number of hydrogen-bond donors (Lipinski definition) is 0. The molecule has 2 aliphatic carbocycles. The van der Waals surface area contributed by atoms with Crippen LogP contribution in [-0.4, -0.2) is 6.71 Å². The molecule has 3 heterocycles. The number of fused-ring (bicyclic) bond motifs is 9. The van der Waals surface area contributed by atoms with Gasteiger partial charge in [-0.2, -0.15) is 5.26 Å². The number of aryl methyl sites for hydroxylation is 1. The quantitative estimate of drug-likeness (QED) is 0.162. The van der Waals surface area contributed by atoms with E-state index in [0.29, 0.717) is 5.56 Å². The molecule has 0 saturated heterocycles. The topological polar surface area (TPSA) is 30.3 Å². The van der Waals surface area contributed by atoms with Gasteiger partial charge in [-0.05, 0) is 157 Å². The Kier molecular flexibility index (Phi) is 8.96. The van der Waals surface area contributed by atoms with Crippen molar-refractivity contribution in [1.82, 2.24) is 0 Å². The minimum atomic E-state index is -0.0612.